The van der Waals surface area contributed by atoms with E-state index in [1.54, 1.807) is 32.9 Å². The summed E-state index contributed by atoms with van der Waals surface area (Å²) in [7, 11) is -3.59. The van der Waals surface area contributed by atoms with Crippen LogP contribution in [0, 0.1) is 6.92 Å². The van der Waals surface area contributed by atoms with E-state index in [-0.39, 0.29) is 17.2 Å². The van der Waals surface area contributed by atoms with Crippen LogP contribution in [0.2, 0.25) is 0 Å². The van der Waals surface area contributed by atoms with Gasteiger partial charge in [-0.15, -0.1) is 0 Å². The molecule has 0 radical (unpaired) electrons. The maximum Gasteiger partial charge on any atom is 0.243 e. The number of hydrogen-bond donors (Lipinski definition) is 1. The van der Waals surface area contributed by atoms with Crippen LogP contribution < -0.4 is 10.1 Å². The van der Waals surface area contributed by atoms with E-state index in [4.69, 9.17) is 4.74 Å². The summed E-state index contributed by atoms with van der Waals surface area (Å²) in [6, 6.07) is 12.3. The minimum absolute atomic E-state index is 0.193. The van der Waals surface area contributed by atoms with E-state index in [2.05, 4.69) is 5.32 Å². The highest BCUT2D eigenvalue weighted by atomic mass is 32.2. The molecule has 0 aliphatic heterocycles. The van der Waals surface area contributed by atoms with Crippen LogP contribution in [0.1, 0.15) is 31.9 Å². The molecule has 2 aromatic rings. The second-order valence-corrected chi connectivity index (χ2v) is 8.28. The Labute approximate surface area is 167 Å². The van der Waals surface area contributed by atoms with Crippen LogP contribution in [-0.4, -0.2) is 38.3 Å². The summed E-state index contributed by atoms with van der Waals surface area (Å²) in [6.07, 6.45) is 0.193. The van der Waals surface area contributed by atoms with Crippen molar-refractivity contribution in [3.8, 4) is 5.75 Å². The summed E-state index contributed by atoms with van der Waals surface area (Å²) < 4.78 is 32.5. The molecule has 152 valence electrons. The third-order valence-electron chi connectivity index (χ3n) is 4.39. The lowest BCUT2D eigenvalue weighted by molar-refractivity contribution is -0.115. The van der Waals surface area contributed by atoms with Crippen LogP contribution in [0.3, 0.4) is 0 Å². The molecule has 0 aromatic heterocycles. The van der Waals surface area contributed by atoms with Gasteiger partial charge in [0.05, 0.1) is 17.9 Å². The van der Waals surface area contributed by atoms with Gasteiger partial charge >= 0.3 is 0 Å². The van der Waals surface area contributed by atoms with Gasteiger partial charge in [-0.3, -0.25) is 4.79 Å². The summed E-state index contributed by atoms with van der Waals surface area (Å²) in [5.41, 5.74) is 1.97. The van der Waals surface area contributed by atoms with Crippen molar-refractivity contribution in [2.45, 2.75) is 39.0 Å². The number of nitrogens with zero attached hydrogens (tertiary/aromatic N) is 1. The van der Waals surface area contributed by atoms with Gasteiger partial charge in [-0.05, 0) is 49.2 Å². The molecule has 6 nitrogen and oxygen atoms in total. The molecular weight excluding hydrogens is 376 g/mol. The first-order valence-electron chi connectivity index (χ1n) is 9.44. The number of ether oxygens (including phenoxy) is 1. The van der Waals surface area contributed by atoms with Gasteiger partial charge in [-0.2, -0.15) is 4.31 Å². The Kier molecular flexibility index (Phi) is 7.60. The van der Waals surface area contributed by atoms with E-state index in [9.17, 15) is 13.2 Å². The van der Waals surface area contributed by atoms with Gasteiger partial charge in [-0.25, -0.2) is 8.42 Å². The van der Waals surface area contributed by atoms with Gasteiger partial charge < -0.3 is 10.1 Å². The van der Waals surface area contributed by atoms with Crippen LogP contribution in [0.25, 0.3) is 0 Å². The predicted molar refractivity (Wildman–Crippen MR) is 111 cm³/mol. The molecule has 0 fully saturated rings. The molecule has 2 aromatic carbocycles. The molecule has 0 saturated carbocycles. The molecule has 0 atom stereocenters. The fourth-order valence-corrected chi connectivity index (χ4v) is 4.63. The van der Waals surface area contributed by atoms with Gasteiger partial charge in [0.15, 0.2) is 0 Å². The van der Waals surface area contributed by atoms with Gasteiger partial charge in [-0.1, -0.05) is 32.0 Å². The Morgan fingerprint density at radius 3 is 2.25 bits per heavy atom. The van der Waals surface area contributed by atoms with Crippen LogP contribution in [-0.2, 0) is 21.2 Å². The second-order valence-electron chi connectivity index (χ2n) is 6.37. The highest BCUT2D eigenvalue weighted by Gasteiger charge is 2.24. The molecule has 0 bridgehead atoms. The van der Waals surface area contributed by atoms with Gasteiger partial charge in [0.2, 0.25) is 15.9 Å². The van der Waals surface area contributed by atoms with Crippen LogP contribution >= 0.6 is 0 Å². The molecule has 1 N–H and O–H groups in total. The number of carbonyl (C=O) groups is 1. The van der Waals surface area contributed by atoms with E-state index in [1.807, 2.05) is 31.2 Å². The standard InChI is InChI=1S/C21H28N2O4S/c1-5-23(6-2)28(25,26)20-15-18(11-8-16(20)4)22-21(24)14-17-9-12-19(13-10-17)27-7-3/h8-13,15H,5-7,14H2,1-4H3,(H,22,24). The monoisotopic (exact) mass is 404 g/mol. The molecule has 0 aliphatic carbocycles. The first-order chi connectivity index (χ1) is 13.3. The van der Waals surface area contributed by atoms with Crippen molar-refractivity contribution in [2.75, 3.05) is 25.0 Å². The molecule has 0 spiro atoms. The molecule has 0 heterocycles. The SMILES string of the molecule is CCOc1ccc(CC(=O)Nc2ccc(C)c(S(=O)(=O)N(CC)CC)c2)cc1. The summed E-state index contributed by atoms with van der Waals surface area (Å²) >= 11 is 0. The summed E-state index contributed by atoms with van der Waals surface area (Å²) in [5.74, 6) is 0.552. The first-order valence-corrected chi connectivity index (χ1v) is 10.9. The van der Waals surface area contributed by atoms with Crippen molar-refractivity contribution >= 4 is 21.6 Å². The number of benzene rings is 2. The van der Waals surface area contributed by atoms with Crippen molar-refractivity contribution in [1.29, 1.82) is 0 Å². The lowest BCUT2D eigenvalue weighted by atomic mass is 10.1. The van der Waals surface area contributed by atoms with Crippen molar-refractivity contribution in [1.82, 2.24) is 4.31 Å². The summed E-state index contributed by atoms with van der Waals surface area (Å²) in [5, 5.41) is 2.79. The lowest BCUT2D eigenvalue weighted by Crippen LogP contribution is -2.31. The fraction of sp³-hybridized carbons (Fsp3) is 0.381. The molecule has 2 rings (SSSR count). The highest BCUT2D eigenvalue weighted by Crippen LogP contribution is 2.24. The van der Waals surface area contributed by atoms with Gasteiger partial charge in [0.1, 0.15) is 5.75 Å². The van der Waals surface area contributed by atoms with E-state index < -0.39 is 10.0 Å². The Balaban J connectivity index is 2.15. The fourth-order valence-electron chi connectivity index (χ4n) is 2.92. The zero-order chi connectivity index (χ0) is 20.7. The highest BCUT2D eigenvalue weighted by molar-refractivity contribution is 7.89. The molecule has 7 heteroatoms. The maximum absolute atomic E-state index is 12.8. The molecule has 0 unspecified atom stereocenters. The van der Waals surface area contributed by atoms with Crippen LogP contribution in [0.5, 0.6) is 5.75 Å². The molecular formula is C21H28N2O4S. The number of nitrogens with one attached hydrogen (secondary N) is 1. The van der Waals surface area contributed by atoms with Crippen LogP contribution in [0.4, 0.5) is 5.69 Å². The molecule has 0 saturated heterocycles. The van der Waals surface area contributed by atoms with Crippen LogP contribution in [0.15, 0.2) is 47.4 Å². The number of aryl methyl sites for hydroxylation is 1. The summed E-state index contributed by atoms with van der Waals surface area (Å²) in [4.78, 5) is 12.6. The number of amides is 1. The average Bonchev–Trinajstić information content (AvgIpc) is 2.65. The molecule has 1 amide bonds. The topological polar surface area (TPSA) is 75.7 Å². The number of carbonyl (C=O) groups excluding carboxylic acids is 1. The Hall–Kier alpha value is -2.38. The molecule has 0 aliphatic rings. The third-order valence-corrected chi connectivity index (χ3v) is 6.59. The molecule has 28 heavy (non-hydrogen) atoms. The quantitative estimate of drug-likeness (QED) is 0.693. The Morgan fingerprint density at radius 1 is 1.04 bits per heavy atom. The summed E-state index contributed by atoms with van der Waals surface area (Å²) in [6.45, 7) is 8.66. The third kappa shape index (κ3) is 5.33. The van der Waals surface area contributed by atoms with Crippen molar-refractivity contribution in [3.05, 3.63) is 53.6 Å². The smallest absolute Gasteiger partial charge is 0.243 e. The lowest BCUT2D eigenvalue weighted by Gasteiger charge is -2.20. The average molecular weight is 405 g/mol. The van der Waals surface area contributed by atoms with E-state index in [1.165, 1.54) is 10.4 Å². The maximum atomic E-state index is 12.8. The normalized spacial score (nSPS) is 11.5. The zero-order valence-electron chi connectivity index (χ0n) is 16.9. The van der Waals surface area contributed by atoms with E-state index >= 15 is 0 Å². The Bertz CT molecular complexity index is 905. The minimum atomic E-state index is -3.59. The van der Waals surface area contributed by atoms with E-state index in [0.29, 0.717) is 30.9 Å². The largest absolute Gasteiger partial charge is 0.494 e. The van der Waals surface area contributed by atoms with Crippen molar-refractivity contribution in [3.63, 3.8) is 0 Å². The second kappa shape index (κ2) is 9.71. The van der Waals surface area contributed by atoms with Gasteiger partial charge in [0.25, 0.3) is 0 Å². The zero-order valence-corrected chi connectivity index (χ0v) is 17.7. The predicted octanol–water partition coefficient (Wildman–Crippen LogP) is 3.61. The van der Waals surface area contributed by atoms with Crippen molar-refractivity contribution < 1.29 is 17.9 Å². The first kappa shape index (κ1) is 21.9. The Morgan fingerprint density at radius 2 is 1.68 bits per heavy atom. The number of sulfonamides is 1. The number of anilines is 1. The number of hydrogen-bond acceptors (Lipinski definition) is 4. The van der Waals surface area contributed by atoms with Crippen molar-refractivity contribution in [2.24, 2.45) is 0 Å². The minimum Gasteiger partial charge on any atom is -0.494 e. The number of rotatable bonds is 9. The van der Waals surface area contributed by atoms with E-state index in [0.717, 1.165) is 11.3 Å². The van der Waals surface area contributed by atoms with Gasteiger partial charge in [0, 0.05) is 18.8 Å².